The molecular formula is C23H17F2NO4. The number of esters is 1. The molecule has 0 atom stereocenters. The molecule has 4 rings (SSSR count). The van der Waals surface area contributed by atoms with Crippen LogP contribution in [-0.2, 0) is 22.6 Å². The maximum Gasteiger partial charge on any atom is 0.310 e. The molecule has 0 amide bonds. The molecular weight excluding hydrogens is 392 g/mol. The number of nitrogens with zero attached hydrogens (tertiary/aromatic N) is 1. The van der Waals surface area contributed by atoms with Crippen molar-refractivity contribution in [1.82, 2.24) is 4.98 Å². The van der Waals surface area contributed by atoms with Gasteiger partial charge in [-0.1, -0.05) is 18.2 Å². The monoisotopic (exact) mass is 409 g/mol. The van der Waals surface area contributed by atoms with E-state index in [2.05, 4.69) is 9.72 Å². The summed E-state index contributed by atoms with van der Waals surface area (Å²) in [6.45, 7) is 0.132. The van der Waals surface area contributed by atoms with Gasteiger partial charge in [0.15, 0.2) is 0 Å². The molecule has 0 aliphatic heterocycles. The number of furan rings is 1. The Morgan fingerprint density at radius 1 is 1.03 bits per heavy atom. The molecule has 0 saturated carbocycles. The van der Waals surface area contributed by atoms with E-state index in [0.29, 0.717) is 33.7 Å². The number of ether oxygens (including phenoxy) is 2. The Bertz CT molecular complexity index is 1220. The Hall–Kier alpha value is -3.74. The largest absolute Gasteiger partial charge is 0.473 e. The van der Waals surface area contributed by atoms with Crippen LogP contribution in [0.5, 0.6) is 5.88 Å². The summed E-state index contributed by atoms with van der Waals surface area (Å²) in [6, 6.07) is 14.2. The molecule has 2 aromatic carbocycles. The minimum atomic E-state index is -0.516. The second kappa shape index (κ2) is 8.32. The smallest absolute Gasteiger partial charge is 0.310 e. The fourth-order valence-corrected chi connectivity index (χ4v) is 3.08. The van der Waals surface area contributed by atoms with Crippen molar-refractivity contribution in [3.8, 4) is 17.1 Å². The molecule has 0 aliphatic carbocycles. The Morgan fingerprint density at radius 3 is 2.67 bits per heavy atom. The molecule has 0 N–H and O–H groups in total. The highest BCUT2D eigenvalue weighted by molar-refractivity contribution is 5.80. The topological polar surface area (TPSA) is 61.6 Å². The van der Waals surface area contributed by atoms with Gasteiger partial charge in [-0.05, 0) is 35.9 Å². The molecule has 2 aromatic heterocycles. The Morgan fingerprint density at radius 2 is 1.87 bits per heavy atom. The molecule has 0 aliphatic rings. The summed E-state index contributed by atoms with van der Waals surface area (Å²) in [7, 11) is 1.26. The van der Waals surface area contributed by atoms with Crippen molar-refractivity contribution in [2.75, 3.05) is 7.11 Å². The van der Waals surface area contributed by atoms with Crippen molar-refractivity contribution in [2.24, 2.45) is 0 Å². The minimum absolute atomic E-state index is 0.132. The van der Waals surface area contributed by atoms with Crippen LogP contribution in [0.1, 0.15) is 11.1 Å². The molecule has 5 nitrogen and oxygen atoms in total. The highest BCUT2D eigenvalue weighted by Crippen LogP contribution is 2.26. The fraction of sp³-hybridized carbons (Fsp3) is 0.130. The molecule has 0 spiro atoms. The molecule has 0 radical (unpaired) electrons. The standard InChI is InChI=1S/C23H17F2NO4/c1-28-22(27)12-14-5-6-15(11-19(14)25)20-3-2-4-21(26-20)30-13-16-7-8-18(24)17-9-10-29-23(16)17/h2-11H,12-13H2,1H3. The number of methoxy groups -OCH3 is 1. The number of benzene rings is 2. The van der Waals surface area contributed by atoms with Gasteiger partial charge in [-0.2, -0.15) is 0 Å². The van der Waals surface area contributed by atoms with Gasteiger partial charge in [0.25, 0.3) is 0 Å². The third-order valence-electron chi connectivity index (χ3n) is 4.66. The van der Waals surface area contributed by atoms with Crippen LogP contribution in [0.3, 0.4) is 0 Å². The number of carbonyl (C=O) groups is 1. The van der Waals surface area contributed by atoms with Gasteiger partial charge >= 0.3 is 5.97 Å². The summed E-state index contributed by atoms with van der Waals surface area (Å²) >= 11 is 0. The molecule has 0 bridgehead atoms. The zero-order valence-corrected chi connectivity index (χ0v) is 16.0. The fourth-order valence-electron chi connectivity index (χ4n) is 3.08. The van der Waals surface area contributed by atoms with E-state index in [1.807, 2.05) is 0 Å². The van der Waals surface area contributed by atoms with Crippen molar-refractivity contribution in [2.45, 2.75) is 13.0 Å². The van der Waals surface area contributed by atoms with Crippen molar-refractivity contribution in [3.05, 3.63) is 83.6 Å². The maximum absolute atomic E-state index is 14.3. The van der Waals surface area contributed by atoms with Crippen LogP contribution in [-0.4, -0.2) is 18.1 Å². The molecule has 7 heteroatoms. The Balaban J connectivity index is 1.53. The molecule has 2 heterocycles. The molecule has 0 saturated heterocycles. The third kappa shape index (κ3) is 4.00. The Labute approximate surface area is 170 Å². The lowest BCUT2D eigenvalue weighted by Gasteiger charge is -2.09. The SMILES string of the molecule is COC(=O)Cc1ccc(-c2cccc(OCc3ccc(F)c4ccoc34)n2)cc1F. The van der Waals surface area contributed by atoms with E-state index >= 15 is 0 Å². The number of hydrogen-bond acceptors (Lipinski definition) is 5. The Kier molecular flexibility index (Phi) is 5.43. The van der Waals surface area contributed by atoms with E-state index in [1.165, 1.54) is 31.6 Å². The predicted molar refractivity (Wildman–Crippen MR) is 106 cm³/mol. The van der Waals surface area contributed by atoms with Gasteiger partial charge in [0.2, 0.25) is 5.88 Å². The molecule has 0 unspecified atom stereocenters. The quantitative estimate of drug-likeness (QED) is 0.416. The maximum atomic E-state index is 14.3. The molecule has 0 fully saturated rings. The average molecular weight is 409 g/mol. The first kappa shape index (κ1) is 19.6. The predicted octanol–water partition coefficient (Wildman–Crippen LogP) is 5.07. The second-order valence-corrected chi connectivity index (χ2v) is 6.58. The number of pyridine rings is 1. The number of fused-ring (bicyclic) bond motifs is 1. The second-order valence-electron chi connectivity index (χ2n) is 6.58. The molecule has 30 heavy (non-hydrogen) atoms. The molecule has 152 valence electrons. The highest BCUT2D eigenvalue weighted by Gasteiger charge is 2.12. The van der Waals surface area contributed by atoms with E-state index < -0.39 is 11.8 Å². The number of rotatable bonds is 6. The van der Waals surface area contributed by atoms with Gasteiger partial charge in [0, 0.05) is 17.2 Å². The number of hydrogen-bond donors (Lipinski definition) is 0. The summed E-state index contributed by atoms with van der Waals surface area (Å²) < 4.78 is 43.8. The average Bonchev–Trinajstić information content (AvgIpc) is 3.26. The highest BCUT2D eigenvalue weighted by atomic mass is 19.1. The van der Waals surface area contributed by atoms with Gasteiger partial charge in [-0.3, -0.25) is 4.79 Å². The zero-order chi connectivity index (χ0) is 21.1. The van der Waals surface area contributed by atoms with Crippen molar-refractivity contribution in [3.63, 3.8) is 0 Å². The lowest BCUT2D eigenvalue weighted by Crippen LogP contribution is -2.06. The van der Waals surface area contributed by atoms with Crippen LogP contribution < -0.4 is 4.74 Å². The van der Waals surface area contributed by atoms with Crippen LogP contribution in [0, 0.1) is 11.6 Å². The van der Waals surface area contributed by atoms with E-state index in [4.69, 9.17) is 9.15 Å². The van der Waals surface area contributed by atoms with E-state index in [9.17, 15) is 13.6 Å². The van der Waals surface area contributed by atoms with Gasteiger partial charge in [0.05, 0.1) is 30.9 Å². The summed E-state index contributed by atoms with van der Waals surface area (Å²) in [6.07, 6.45) is 1.28. The normalized spacial score (nSPS) is 10.9. The van der Waals surface area contributed by atoms with Crippen molar-refractivity contribution < 1.29 is 27.5 Å². The van der Waals surface area contributed by atoms with Crippen molar-refractivity contribution in [1.29, 1.82) is 0 Å². The van der Waals surface area contributed by atoms with Crippen LogP contribution in [0.4, 0.5) is 8.78 Å². The van der Waals surface area contributed by atoms with Gasteiger partial charge in [0.1, 0.15) is 23.8 Å². The van der Waals surface area contributed by atoms with E-state index in [0.717, 1.165) is 0 Å². The molecule has 4 aromatic rings. The summed E-state index contributed by atoms with van der Waals surface area (Å²) in [5.41, 5.74) is 2.41. The first-order chi connectivity index (χ1) is 14.5. The van der Waals surface area contributed by atoms with Crippen LogP contribution in [0.25, 0.3) is 22.2 Å². The first-order valence-corrected chi connectivity index (χ1v) is 9.15. The lowest BCUT2D eigenvalue weighted by atomic mass is 10.1. The minimum Gasteiger partial charge on any atom is -0.473 e. The lowest BCUT2D eigenvalue weighted by molar-refractivity contribution is -0.139. The number of halogens is 2. The van der Waals surface area contributed by atoms with E-state index in [1.54, 1.807) is 36.4 Å². The van der Waals surface area contributed by atoms with E-state index in [-0.39, 0.29) is 24.4 Å². The van der Waals surface area contributed by atoms with Gasteiger partial charge in [-0.15, -0.1) is 0 Å². The third-order valence-corrected chi connectivity index (χ3v) is 4.66. The number of aromatic nitrogens is 1. The summed E-state index contributed by atoms with van der Waals surface area (Å²) in [5, 5.41) is 0.389. The number of carbonyl (C=O) groups excluding carboxylic acids is 1. The summed E-state index contributed by atoms with van der Waals surface area (Å²) in [4.78, 5) is 15.8. The van der Waals surface area contributed by atoms with Gasteiger partial charge < -0.3 is 13.9 Å². The van der Waals surface area contributed by atoms with Crippen LogP contribution in [0.2, 0.25) is 0 Å². The zero-order valence-electron chi connectivity index (χ0n) is 16.0. The summed E-state index contributed by atoms with van der Waals surface area (Å²) in [5.74, 6) is -1.06. The van der Waals surface area contributed by atoms with Crippen molar-refractivity contribution >= 4 is 16.9 Å². The van der Waals surface area contributed by atoms with Gasteiger partial charge in [-0.25, -0.2) is 13.8 Å². The van der Waals surface area contributed by atoms with Crippen LogP contribution >= 0.6 is 0 Å². The first-order valence-electron chi connectivity index (χ1n) is 9.15. The van der Waals surface area contributed by atoms with Crippen LogP contribution in [0.15, 0.2) is 65.3 Å².